The van der Waals surface area contributed by atoms with Crippen LogP contribution in [0.1, 0.15) is 35.3 Å². The second kappa shape index (κ2) is 14.2. The number of rotatable bonds is 12. The van der Waals surface area contributed by atoms with Crippen molar-refractivity contribution in [2.75, 3.05) is 39.3 Å². The number of benzene rings is 3. The number of amides is 2. The Morgan fingerprint density at radius 1 is 0.846 bits per heavy atom. The van der Waals surface area contributed by atoms with Crippen molar-refractivity contribution < 1.29 is 23.8 Å². The fourth-order valence-corrected chi connectivity index (χ4v) is 3.88. The van der Waals surface area contributed by atoms with E-state index >= 15 is 0 Å². The van der Waals surface area contributed by atoms with Gasteiger partial charge in [0.15, 0.2) is 11.5 Å². The number of nitrogens with zero attached hydrogens (tertiary/aromatic N) is 2. The summed E-state index contributed by atoms with van der Waals surface area (Å²) < 4.78 is 16.1. The highest BCUT2D eigenvalue weighted by Gasteiger charge is 2.15. The van der Waals surface area contributed by atoms with Crippen LogP contribution in [0, 0.1) is 0 Å². The topological polar surface area (TPSA) is 101 Å². The van der Waals surface area contributed by atoms with Crippen molar-refractivity contribution in [3.05, 3.63) is 89.1 Å². The third-order valence-electron chi connectivity index (χ3n) is 5.93. The van der Waals surface area contributed by atoms with Crippen LogP contribution in [0.2, 0.25) is 0 Å². The minimum atomic E-state index is -0.587. The molecule has 39 heavy (non-hydrogen) atoms. The van der Waals surface area contributed by atoms with Crippen molar-refractivity contribution in [3.8, 4) is 17.2 Å². The van der Waals surface area contributed by atoms with Crippen molar-refractivity contribution in [2.24, 2.45) is 5.10 Å². The maximum atomic E-state index is 13.1. The summed E-state index contributed by atoms with van der Waals surface area (Å²) in [5, 5.41) is 6.79. The number of ether oxygens (including phenoxy) is 3. The Balaban J connectivity index is 1.86. The van der Waals surface area contributed by atoms with Gasteiger partial charge in [-0.3, -0.25) is 9.59 Å². The molecule has 2 N–H and O–H groups in total. The number of hydrogen-bond donors (Lipinski definition) is 2. The van der Waals surface area contributed by atoms with Crippen LogP contribution in [-0.4, -0.2) is 52.4 Å². The third kappa shape index (κ3) is 7.61. The van der Waals surface area contributed by atoms with Crippen molar-refractivity contribution in [3.63, 3.8) is 0 Å². The van der Waals surface area contributed by atoms with Gasteiger partial charge in [-0.25, -0.2) is 5.43 Å². The van der Waals surface area contributed by atoms with Crippen LogP contribution in [0.3, 0.4) is 0 Å². The number of nitrogens with one attached hydrogen (secondary N) is 2. The summed E-state index contributed by atoms with van der Waals surface area (Å²) in [6, 6.07) is 19.8. The van der Waals surface area contributed by atoms with Crippen LogP contribution in [0.25, 0.3) is 6.08 Å². The Morgan fingerprint density at radius 2 is 1.46 bits per heavy atom. The van der Waals surface area contributed by atoms with Crippen LogP contribution in [0.5, 0.6) is 17.2 Å². The number of hydrazone groups is 1. The maximum absolute atomic E-state index is 13.1. The molecule has 0 saturated heterocycles. The van der Waals surface area contributed by atoms with Gasteiger partial charge in [0.2, 0.25) is 5.75 Å². The second-order valence-electron chi connectivity index (χ2n) is 8.30. The SMILES string of the molecule is CCN(CC)c1ccc(/C=C(/NC(=O)c2ccccc2)C(=O)N/N=C\c2cc(OC)c(OC)c(OC)c2)cc1. The summed E-state index contributed by atoms with van der Waals surface area (Å²) in [6.07, 6.45) is 3.05. The minimum absolute atomic E-state index is 0.0430. The molecule has 0 heterocycles. The number of hydrogen-bond acceptors (Lipinski definition) is 7. The summed E-state index contributed by atoms with van der Waals surface area (Å²) in [5.74, 6) is 0.352. The minimum Gasteiger partial charge on any atom is -0.493 e. The van der Waals surface area contributed by atoms with Crippen molar-refractivity contribution >= 4 is 29.8 Å². The van der Waals surface area contributed by atoms with E-state index in [1.54, 1.807) is 42.5 Å². The zero-order valence-electron chi connectivity index (χ0n) is 22.9. The lowest BCUT2D eigenvalue weighted by atomic mass is 10.1. The van der Waals surface area contributed by atoms with Crippen LogP contribution >= 0.6 is 0 Å². The van der Waals surface area contributed by atoms with Gasteiger partial charge in [0.05, 0.1) is 27.5 Å². The lowest BCUT2D eigenvalue weighted by Crippen LogP contribution is -2.32. The van der Waals surface area contributed by atoms with Gasteiger partial charge in [0, 0.05) is 29.9 Å². The van der Waals surface area contributed by atoms with E-state index in [1.807, 2.05) is 30.3 Å². The fraction of sp³-hybridized carbons (Fsp3) is 0.233. The van der Waals surface area contributed by atoms with E-state index in [0.29, 0.717) is 28.4 Å². The molecule has 0 radical (unpaired) electrons. The van der Waals surface area contributed by atoms with E-state index in [1.165, 1.54) is 27.5 Å². The van der Waals surface area contributed by atoms with Crippen molar-refractivity contribution in [1.82, 2.24) is 10.7 Å². The van der Waals surface area contributed by atoms with Crippen molar-refractivity contribution in [1.29, 1.82) is 0 Å². The first kappa shape index (κ1) is 28.8. The molecule has 3 rings (SSSR count). The molecular weight excluding hydrogens is 496 g/mol. The molecule has 0 fully saturated rings. The van der Waals surface area contributed by atoms with Crippen LogP contribution in [0.15, 0.2) is 77.5 Å². The summed E-state index contributed by atoms with van der Waals surface area (Å²) in [5.41, 5.74) is 5.38. The normalized spacial score (nSPS) is 11.2. The van der Waals surface area contributed by atoms with E-state index in [0.717, 1.165) is 24.3 Å². The lowest BCUT2D eigenvalue weighted by Gasteiger charge is -2.21. The monoisotopic (exact) mass is 530 g/mol. The molecule has 3 aromatic rings. The van der Waals surface area contributed by atoms with Gasteiger partial charge < -0.3 is 24.4 Å². The molecular formula is C30H34N4O5. The van der Waals surface area contributed by atoms with E-state index in [2.05, 4.69) is 34.6 Å². The first-order chi connectivity index (χ1) is 18.9. The molecule has 0 spiro atoms. The summed E-state index contributed by atoms with van der Waals surface area (Å²) in [4.78, 5) is 28.2. The Hall–Kier alpha value is -4.79. The van der Waals surface area contributed by atoms with E-state index in [9.17, 15) is 9.59 Å². The Bertz CT molecular complexity index is 1290. The van der Waals surface area contributed by atoms with Gasteiger partial charge in [-0.1, -0.05) is 30.3 Å². The summed E-state index contributed by atoms with van der Waals surface area (Å²) in [7, 11) is 4.55. The highest BCUT2D eigenvalue weighted by Crippen LogP contribution is 2.37. The first-order valence-corrected chi connectivity index (χ1v) is 12.5. The Labute approximate surface area is 229 Å². The summed E-state index contributed by atoms with van der Waals surface area (Å²) in [6.45, 7) is 5.96. The lowest BCUT2D eigenvalue weighted by molar-refractivity contribution is -0.117. The number of anilines is 1. The number of methoxy groups -OCH3 is 3. The Morgan fingerprint density at radius 3 is 2.00 bits per heavy atom. The summed E-state index contributed by atoms with van der Waals surface area (Å²) >= 11 is 0. The highest BCUT2D eigenvalue weighted by atomic mass is 16.5. The molecule has 0 aliphatic heterocycles. The standard InChI is InChI=1S/C30H34N4O5/c1-6-34(7-2)24-15-13-21(14-16-24)17-25(32-29(35)23-11-9-8-10-12-23)30(36)33-31-20-22-18-26(37-3)28(39-5)27(19-22)38-4/h8-20H,6-7H2,1-5H3,(H,32,35)(H,33,36)/b25-17+,31-20-. The van der Waals surface area contributed by atoms with E-state index in [-0.39, 0.29) is 5.70 Å². The molecule has 0 aromatic heterocycles. The zero-order valence-corrected chi connectivity index (χ0v) is 22.9. The van der Waals surface area contributed by atoms with E-state index in [4.69, 9.17) is 14.2 Å². The van der Waals surface area contributed by atoms with Gasteiger partial charge in [-0.15, -0.1) is 0 Å². The van der Waals surface area contributed by atoms with Gasteiger partial charge in [-0.05, 0) is 61.9 Å². The molecule has 9 nitrogen and oxygen atoms in total. The number of carbonyl (C=O) groups excluding carboxylic acids is 2. The second-order valence-corrected chi connectivity index (χ2v) is 8.30. The van der Waals surface area contributed by atoms with Gasteiger partial charge in [0.1, 0.15) is 5.70 Å². The molecule has 3 aromatic carbocycles. The predicted molar refractivity (Wildman–Crippen MR) is 154 cm³/mol. The Kier molecular flexibility index (Phi) is 10.5. The average molecular weight is 531 g/mol. The van der Waals surface area contributed by atoms with Crippen LogP contribution < -0.4 is 29.9 Å². The van der Waals surface area contributed by atoms with E-state index < -0.39 is 11.8 Å². The third-order valence-corrected chi connectivity index (χ3v) is 5.93. The largest absolute Gasteiger partial charge is 0.493 e. The molecule has 0 unspecified atom stereocenters. The van der Waals surface area contributed by atoms with Crippen LogP contribution in [0.4, 0.5) is 5.69 Å². The molecule has 2 amide bonds. The molecule has 204 valence electrons. The molecule has 9 heteroatoms. The maximum Gasteiger partial charge on any atom is 0.287 e. The quantitative estimate of drug-likeness (QED) is 0.203. The molecule has 0 aliphatic carbocycles. The van der Waals surface area contributed by atoms with Crippen LogP contribution in [-0.2, 0) is 4.79 Å². The fourth-order valence-electron chi connectivity index (χ4n) is 3.88. The van der Waals surface area contributed by atoms with Gasteiger partial charge in [-0.2, -0.15) is 5.10 Å². The van der Waals surface area contributed by atoms with Gasteiger partial charge in [0.25, 0.3) is 11.8 Å². The zero-order chi connectivity index (χ0) is 28.2. The van der Waals surface area contributed by atoms with Gasteiger partial charge >= 0.3 is 0 Å². The average Bonchev–Trinajstić information content (AvgIpc) is 2.97. The smallest absolute Gasteiger partial charge is 0.287 e. The molecule has 0 bridgehead atoms. The highest BCUT2D eigenvalue weighted by molar-refractivity contribution is 6.05. The molecule has 0 aliphatic rings. The predicted octanol–water partition coefficient (Wildman–Crippen LogP) is 4.48. The molecule has 0 saturated carbocycles. The van der Waals surface area contributed by atoms with Crippen molar-refractivity contribution in [2.45, 2.75) is 13.8 Å². The first-order valence-electron chi connectivity index (χ1n) is 12.5. The molecule has 0 atom stereocenters. The number of carbonyl (C=O) groups is 2.